The average molecular weight is 787 g/mol. The summed E-state index contributed by atoms with van der Waals surface area (Å²) in [5.74, 6) is 3.63. The molecule has 4 heterocycles. The lowest BCUT2D eigenvalue weighted by Gasteiger charge is -2.46. The van der Waals surface area contributed by atoms with Crippen LogP contribution < -0.4 is 10.6 Å². The van der Waals surface area contributed by atoms with E-state index in [2.05, 4.69) is 27.5 Å². The molecule has 6 atom stereocenters. The minimum atomic E-state index is -1.69. The van der Waals surface area contributed by atoms with E-state index in [1.165, 1.54) is 0 Å². The predicted molar refractivity (Wildman–Crippen MR) is 222 cm³/mol. The van der Waals surface area contributed by atoms with Crippen molar-refractivity contribution in [3.05, 3.63) is 161 Å². The number of morpholine rings is 1. The molecule has 10 heteroatoms. The van der Waals surface area contributed by atoms with Crippen molar-refractivity contribution in [2.24, 2.45) is 5.92 Å². The van der Waals surface area contributed by atoms with Gasteiger partial charge < -0.3 is 25.6 Å². The number of esters is 1. The second-order valence-electron chi connectivity index (χ2n) is 16.1. The van der Waals surface area contributed by atoms with Crippen molar-refractivity contribution >= 4 is 23.5 Å². The van der Waals surface area contributed by atoms with Crippen molar-refractivity contribution in [1.29, 1.82) is 0 Å². The number of aromatic hydroxyl groups is 1. The zero-order valence-corrected chi connectivity index (χ0v) is 32.6. The van der Waals surface area contributed by atoms with Gasteiger partial charge >= 0.3 is 5.97 Å². The highest BCUT2D eigenvalue weighted by Gasteiger charge is 2.74. The lowest BCUT2D eigenvalue weighted by atomic mass is 9.65. The second kappa shape index (κ2) is 15.8. The Morgan fingerprint density at radius 3 is 2.22 bits per heavy atom. The fourth-order valence-corrected chi connectivity index (χ4v) is 9.92. The van der Waals surface area contributed by atoms with Gasteiger partial charge in [0.2, 0.25) is 11.8 Å². The number of rotatable bonds is 7. The van der Waals surface area contributed by atoms with Crippen LogP contribution in [0.2, 0.25) is 0 Å². The van der Waals surface area contributed by atoms with Gasteiger partial charge in [0, 0.05) is 36.1 Å². The quantitative estimate of drug-likeness (QED) is 0.0798. The molecule has 3 aliphatic heterocycles. The fourth-order valence-electron chi connectivity index (χ4n) is 9.92. The van der Waals surface area contributed by atoms with E-state index in [1.807, 2.05) is 95.9 Å². The van der Waals surface area contributed by atoms with Crippen LogP contribution >= 0.6 is 0 Å². The summed E-state index contributed by atoms with van der Waals surface area (Å²) in [5, 5.41) is 28.3. The number of amides is 2. The van der Waals surface area contributed by atoms with Crippen LogP contribution in [0, 0.1) is 17.8 Å². The molecule has 5 aromatic rings. The van der Waals surface area contributed by atoms with Gasteiger partial charge in [0.1, 0.15) is 28.9 Å². The Morgan fingerprint density at radius 2 is 1.53 bits per heavy atom. The van der Waals surface area contributed by atoms with Crippen LogP contribution in [0.4, 0.5) is 5.69 Å². The third-order valence-corrected chi connectivity index (χ3v) is 12.6. The number of ether oxygens (including phenoxy) is 1. The van der Waals surface area contributed by atoms with Crippen molar-refractivity contribution in [1.82, 2.24) is 15.2 Å². The SMILES string of the molecule is O=C1O[C@@H](c2ccccc2)[C@@H](c2ccccc2)N2[C@@H](c3ccc(O)cc3)[C@]3(C(=O)Nc4ccc(C#CC5(O)CCCCCC5)cc43)[C@@H](C(=O)NCCc3ccccn3)[C@H]12. The summed E-state index contributed by atoms with van der Waals surface area (Å²) in [6.45, 7) is 0.210. The van der Waals surface area contributed by atoms with Crippen LogP contribution in [0.5, 0.6) is 5.75 Å². The Labute approximate surface area is 343 Å². The Kier molecular flexibility index (Phi) is 10.3. The van der Waals surface area contributed by atoms with E-state index in [0.717, 1.165) is 42.5 Å². The van der Waals surface area contributed by atoms with Gasteiger partial charge in [-0.25, -0.2) is 0 Å². The molecule has 1 spiro atoms. The number of phenolic OH excluding ortho intramolecular Hbond substituents is 1. The number of benzene rings is 4. The average Bonchev–Trinajstić information content (AvgIpc) is 3.62. The molecule has 4 aliphatic rings. The van der Waals surface area contributed by atoms with Crippen molar-refractivity contribution in [2.75, 3.05) is 11.9 Å². The molecule has 298 valence electrons. The number of pyridine rings is 1. The number of nitrogens with zero attached hydrogens (tertiary/aromatic N) is 2. The van der Waals surface area contributed by atoms with E-state index in [1.54, 1.807) is 36.5 Å². The Bertz CT molecular complexity index is 2410. The summed E-state index contributed by atoms with van der Waals surface area (Å²) in [6.07, 6.45) is 6.39. The van der Waals surface area contributed by atoms with E-state index < -0.39 is 58.9 Å². The maximum atomic E-state index is 15.4. The third-order valence-electron chi connectivity index (χ3n) is 12.6. The molecule has 4 N–H and O–H groups in total. The number of hydrogen-bond donors (Lipinski definition) is 4. The normalized spacial score (nSPS) is 25.7. The number of cyclic esters (lactones) is 1. The van der Waals surface area contributed by atoms with Gasteiger partial charge in [0.15, 0.2) is 0 Å². The largest absolute Gasteiger partial charge is 0.508 e. The van der Waals surface area contributed by atoms with Crippen molar-refractivity contribution in [3.63, 3.8) is 0 Å². The molecule has 0 unspecified atom stereocenters. The van der Waals surface area contributed by atoms with E-state index in [0.29, 0.717) is 41.6 Å². The first kappa shape index (κ1) is 38.2. The number of aromatic nitrogens is 1. The van der Waals surface area contributed by atoms with Crippen LogP contribution in [-0.4, -0.2) is 56.1 Å². The third kappa shape index (κ3) is 6.94. The maximum Gasteiger partial charge on any atom is 0.324 e. The first-order chi connectivity index (χ1) is 28.8. The molecule has 2 saturated heterocycles. The van der Waals surface area contributed by atoms with Crippen molar-refractivity contribution < 1.29 is 29.3 Å². The number of anilines is 1. The van der Waals surface area contributed by atoms with Crippen LogP contribution in [-0.2, 0) is 31.0 Å². The number of hydrogen-bond acceptors (Lipinski definition) is 8. The zero-order valence-electron chi connectivity index (χ0n) is 32.6. The molecule has 1 aliphatic carbocycles. The van der Waals surface area contributed by atoms with E-state index in [9.17, 15) is 15.0 Å². The fraction of sp³-hybridized carbons (Fsp3) is 0.306. The highest BCUT2D eigenvalue weighted by molar-refractivity contribution is 6.12. The highest BCUT2D eigenvalue weighted by Crippen LogP contribution is 2.64. The standard InChI is InChI=1S/C49H46N4O6/c54-37-21-19-35(20-22-37)44-49(38-31-32(18-23-39(38)52-47(49)57)24-28-48(58)26-10-1-2-11-27-48)40(45(55)51-30-25-36-17-9-12-29-50-36)42-46(56)59-43(34-15-7-4-8-16-34)41(53(42)44)33-13-5-3-6-14-33/h3-9,12-23,29,31,40-44,54,58H,1-2,10-11,25-27,30H2,(H,51,55)(H,52,57)/t40-,41-,42-,43+,44+,49-/m1/s1. The lowest BCUT2D eigenvalue weighted by molar-refractivity contribution is -0.178. The summed E-state index contributed by atoms with van der Waals surface area (Å²) in [7, 11) is 0. The molecule has 59 heavy (non-hydrogen) atoms. The van der Waals surface area contributed by atoms with E-state index in [4.69, 9.17) is 4.74 Å². The number of phenols is 1. The number of carbonyl (C=O) groups is 3. The zero-order chi connectivity index (χ0) is 40.6. The summed E-state index contributed by atoms with van der Waals surface area (Å²) >= 11 is 0. The molecule has 3 fully saturated rings. The first-order valence-electron chi connectivity index (χ1n) is 20.5. The monoisotopic (exact) mass is 786 g/mol. The van der Waals surface area contributed by atoms with Gasteiger partial charge in [0.05, 0.1) is 18.0 Å². The molecule has 9 rings (SSSR count). The number of fused-ring (bicyclic) bond motifs is 3. The molecule has 1 aromatic heterocycles. The Balaban J connectivity index is 1.26. The molecular weight excluding hydrogens is 741 g/mol. The number of aliphatic hydroxyl groups is 1. The number of nitrogens with one attached hydrogen (secondary N) is 2. The summed E-state index contributed by atoms with van der Waals surface area (Å²) in [6, 6.07) is 34.2. The van der Waals surface area contributed by atoms with Gasteiger partial charge in [0.25, 0.3) is 0 Å². The van der Waals surface area contributed by atoms with Gasteiger partial charge in [-0.2, -0.15) is 0 Å². The Hall–Kier alpha value is -6.28. The molecular formula is C49H46N4O6. The van der Waals surface area contributed by atoms with Crippen LogP contribution in [0.1, 0.15) is 90.2 Å². The minimum Gasteiger partial charge on any atom is -0.508 e. The predicted octanol–water partition coefficient (Wildman–Crippen LogP) is 6.85. The van der Waals surface area contributed by atoms with Gasteiger partial charge in [-0.3, -0.25) is 24.3 Å². The van der Waals surface area contributed by atoms with Crippen LogP contribution in [0.3, 0.4) is 0 Å². The maximum absolute atomic E-state index is 15.4. The van der Waals surface area contributed by atoms with Gasteiger partial charge in [-0.05, 0) is 90.4 Å². The molecule has 10 nitrogen and oxygen atoms in total. The topological polar surface area (TPSA) is 141 Å². The molecule has 4 aromatic carbocycles. The first-order valence-corrected chi connectivity index (χ1v) is 20.5. The van der Waals surface area contributed by atoms with Crippen molar-refractivity contribution in [2.45, 2.75) is 80.2 Å². The van der Waals surface area contributed by atoms with Crippen LogP contribution in [0.25, 0.3) is 0 Å². The molecule has 0 radical (unpaired) electrons. The Morgan fingerprint density at radius 1 is 0.831 bits per heavy atom. The summed E-state index contributed by atoms with van der Waals surface area (Å²) < 4.78 is 6.50. The van der Waals surface area contributed by atoms with Gasteiger partial charge in [-0.15, -0.1) is 0 Å². The molecule has 2 amide bonds. The lowest BCUT2D eigenvalue weighted by Crippen LogP contribution is -2.55. The number of carbonyl (C=O) groups excluding carboxylic acids is 3. The minimum absolute atomic E-state index is 0.0336. The van der Waals surface area contributed by atoms with E-state index >= 15 is 9.59 Å². The molecule has 0 bridgehead atoms. The van der Waals surface area contributed by atoms with E-state index in [-0.39, 0.29) is 12.3 Å². The van der Waals surface area contributed by atoms with Gasteiger partial charge in [-0.1, -0.05) is 104 Å². The summed E-state index contributed by atoms with van der Waals surface area (Å²) in [4.78, 5) is 52.0. The molecule has 1 saturated carbocycles. The highest BCUT2D eigenvalue weighted by atomic mass is 16.6. The smallest absolute Gasteiger partial charge is 0.324 e. The van der Waals surface area contributed by atoms with Crippen molar-refractivity contribution in [3.8, 4) is 17.6 Å². The second-order valence-corrected chi connectivity index (χ2v) is 16.1. The summed E-state index contributed by atoms with van der Waals surface area (Å²) in [5.41, 5.74) is 1.80. The van der Waals surface area contributed by atoms with Crippen LogP contribution in [0.15, 0.2) is 128 Å².